The van der Waals surface area contributed by atoms with Crippen LogP contribution in [0.25, 0.3) is 0 Å². The summed E-state index contributed by atoms with van der Waals surface area (Å²) in [6.07, 6.45) is 4.10. The van der Waals surface area contributed by atoms with Crippen LogP contribution in [0.2, 0.25) is 0 Å². The van der Waals surface area contributed by atoms with E-state index in [2.05, 4.69) is 10.6 Å². The summed E-state index contributed by atoms with van der Waals surface area (Å²) in [5.74, 6) is 0.939. The fourth-order valence-corrected chi connectivity index (χ4v) is 1.57. The molecule has 76 valence electrons. The van der Waals surface area contributed by atoms with E-state index in [1.54, 1.807) is 7.11 Å². The van der Waals surface area contributed by atoms with E-state index in [1.807, 2.05) is 48.8 Å². The third kappa shape index (κ3) is 2.34. The van der Waals surface area contributed by atoms with Crippen molar-refractivity contribution in [3.63, 3.8) is 0 Å². The van der Waals surface area contributed by atoms with Gasteiger partial charge in [0.2, 0.25) is 0 Å². The normalized spacial score (nSPS) is 9.93. The zero-order chi connectivity index (χ0) is 10.5. The molecule has 0 fully saturated rings. The minimum atomic E-state index is 0.838. The molecular weight excluding hydrogens is 186 g/mol. The molecule has 2 rings (SSSR count). The van der Waals surface area contributed by atoms with Gasteiger partial charge in [0.1, 0.15) is 5.75 Å². The summed E-state index contributed by atoms with van der Waals surface area (Å²) in [6.45, 7) is 0.838. The molecule has 0 aliphatic carbocycles. The third-order valence-electron chi connectivity index (χ3n) is 2.32. The van der Waals surface area contributed by atoms with E-state index in [0.29, 0.717) is 0 Å². The molecule has 0 saturated heterocycles. The standard InChI is InChI=1S/C13H14NO/c1-15-13-8-4-3-7-12(13)11-14-9-5-2-6-10-14/h2-10H,11H2,1H3/q+1. The highest BCUT2D eigenvalue weighted by Crippen LogP contribution is 2.16. The molecule has 0 amide bonds. The lowest BCUT2D eigenvalue weighted by molar-refractivity contribution is -0.688. The number of para-hydroxylation sites is 1. The monoisotopic (exact) mass is 200 g/mol. The Hall–Kier alpha value is -1.83. The first-order valence-corrected chi connectivity index (χ1v) is 4.96. The smallest absolute Gasteiger partial charge is 0.177 e. The number of hydrogen-bond donors (Lipinski definition) is 0. The van der Waals surface area contributed by atoms with Crippen LogP contribution in [0.5, 0.6) is 5.75 Å². The summed E-state index contributed by atoms with van der Waals surface area (Å²) < 4.78 is 7.43. The molecule has 2 nitrogen and oxygen atoms in total. The number of pyridine rings is 1. The highest BCUT2D eigenvalue weighted by atomic mass is 16.5. The van der Waals surface area contributed by atoms with Crippen LogP contribution >= 0.6 is 0 Å². The van der Waals surface area contributed by atoms with E-state index >= 15 is 0 Å². The third-order valence-corrected chi connectivity index (χ3v) is 2.32. The fourth-order valence-electron chi connectivity index (χ4n) is 1.57. The molecule has 0 N–H and O–H groups in total. The Labute approximate surface area is 89.8 Å². The van der Waals surface area contributed by atoms with Gasteiger partial charge in [-0.3, -0.25) is 0 Å². The van der Waals surface area contributed by atoms with Gasteiger partial charge >= 0.3 is 0 Å². The van der Waals surface area contributed by atoms with Crippen molar-refractivity contribution in [2.45, 2.75) is 6.54 Å². The largest absolute Gasteiger partial charge is 0.496 e. The number of aromatic nitrogens is 1. The van der Waals surface area contributed by atoms with E-state index in [1.165, 1.54) is 5.56 Å². The van der Waals surface area contributed by atoms with Crippen molar-refractivity contribution >= 4 is 0 Å². The molecular formula is C13H14NO+. The van der Waals surface area contributed by atoms with Gasteiger partial charge in [-0.15, -0.1) is 0 Å². The van der Waals surface area contributed by atoms with Gasteiger partial charge < -0.3 is 4.74 Å². The zero-order valence-electron chi connectivity index (χ0n) is 8.76. The van der Waals surface area contributed by atoms with Crippen molar-refractivity contribution in [2.75, 3.05) is 7.11 Å². The highest BCUT2D eigenvalue weighted by molar-refractivity contribution is 5.32. The highest BCUT2D eigenvalue weighted by Gasteiger charge is 2.06. The van der Waals surface area contributed by atoms with Crippen molar-refractivity contribution in [3.8, 4) is 5.75 Å². The van der Waals surface area contributed by atoms with Crippen molar-refractivity contribution in [1.82, 2.24) is 0 Å². The van der Waals surface area contributed by atoms with Crippen LogP contribution in [0.15, 0.2) is 54.9 Å². The summed E-state index contributed by atoms with van der Waals surface area (Å²) in [5, 5.41) is 0. The minimum absolute atomic E-state index is 0.838. The van der Waals surface area contributed by atoms with Gasteiger partial charge in [-0.25, -0.2) is 4.57 Å². The Morgan fingerprint density at radius 1 is 1.00 bits per heavy atom. The summed E-state index contributed by atoms with van der Waals surface area (Å²) in [5.41, 5.74) is 1.19. The van der Waals surface area contributed by atoms with Gasteiger partial charge in [0, 0.05) is 12.1 Å². The quantitative estimate of drug-likeness (QED) is 0.691. The SMILES string of the molecule is COc1ccccc1C[n+]1ccccc1. The molecule has 1 heterocycles. The maximum atomic E-state index is 5.30. The predicted molar refractivity (Wildman–Crippen MR) is 58.7 cm³/mol. The molecule has 15 heavy (non-hydrogen) atoms. The topological polar surface area (TPSA) is 13.1 Å². The first-order valence-electron chi connectivity index (χ1n) is 4.96. The lowest BCUT2D eigenvalue weighted by atomic mass is 10.2. The van der Waals surface area contributed by atoms with E-state index < -0.39 is 0 Å². The summed E-state index contributed by atoms with van der Waals surface area (Å²) in [4.78, 5) is 0. The van der Waals surface area contributed by atoms with Crippen LogP contribution in [-0.4, -0.2) is 7.11 Å². The number of methoxy groups -OCH3 is 1. The number of ether oxygens (including phenoxy) is 1. The molecule has 0 aliphatic heterocycles. The Bertz CT molecular complexity index is 426. The molecule has 2 aromatic rings. The van der Waals surface area contributed by atoms with Gasteiger partial charge in [0.05, 0.1) is 12.7 Å². The Kier molecular flexibility index (Phi) is 2.98. The van der Waals surface area contributed by atoms with E-state index in [4.69, 9.17) is 4.74 Å². The number of nitrogens with zero attached hydrogens (tertiary/aromatic N) is 1. The lowest BCUT2D eigenvalue weighted by Gasteiger charge is -2.04. The fraction of sp³-hybridized carbons (Fsp3) is 0.154. The second kappa shape index (κ2) is 4.60. The van der Waals surface area contributed by atoms with Crippen molar-refractivity contribution in [2.24, 2.45) is 0 Å². The molecule has 2 heteroatoms. The van der Waals surface area contributed by atoms with Crippen LogP contribution in [0.4, 0.5) is 0 Å². The molecule has 0 unspecified atom stereocenters. The molecule has 0 atom stereocenters. The zero-order valence-corrected chi connectivity index (χ0v) is 8.76. The van der Waals surface area contributed by atoms with Gasteiger partial charge in [0.25, 0.3) is 0 Å². The molecule has 0 aliphatic rings. The molecule has 0 bridgehead atoms. The Balaban J connectivity index is 2.24. The van der Waals surface area contributed by atoms with Crippen LogP contribution in [0, 0.1) is 0 Å². The van der Waals surface area contributed by atoms with Crippen molar-refractivity contribution in [3.05, 3.63) is 60.4 Å². The average molecular weight is 200 g/mol. The minimum Gasteiger partial charge on any atom is -0.496 e. The Morgan fingerprint density at radius 3 is 2.47 bits per heavy atom. The Morgan fingerprint density at radius 2 is 1.73 bits per heavy atom. The second-order valence-electron chi connectivity index (χ2n) is 3.36. The number of rotatable bonds is 3. The molecule has 0 saturated carbocycles. The maximum Gasteiger partial charge on any atom is 0.177 e. The van der Waals surface area contributed by atoms with Gasteiger partial charge in [-0.05, 0) is 12.1 Å². The van der Waals surface area contributed by atoms with E-state index in [9.17, 15) is 0 Å². The van der Waals surface area contributed by atoms with Gasteiger partial charge in [-0.2, -0.15) is 0 Å². The van der Waals surface area contributed by atoms with E-state index in [0.717, 1.165) is 12.3 Å². The average Bonchev–Trinajstić information content (AvgIpc) is 2.31. The maximum absolute atomic E-state index is 5.30. The first kappa shape index (κ1) is 9.71. The van der Waals surface area contributed by atoms with Crippen molar-refractivity contribution < 1.29 is 9.30 Å². The van der Waals surface area contributed by atoms with E-state index in [-0.39, 0.29) is 0 Å². The predicted octanol–water partition coefficient (Wildman–Crippen LogP) is 2.03. The van der Waals surface area contributed by atoms with Crippen LogP contribution < -0.4 is 9.30 Å². The number of hydrogen-bond acceptors (Lipinski definition) is 1. The summed E-state index contributed by atoms with van der Waals surface area (Å²) >= 11 is 0. The van der Waals surface area contributed by atoms with Gasteiger partial charge in [-0.1, -0.05) is 18.2 Å². The second-order valence-corrected chi connectivity index (χ2v) is 3.36. The van der Waals surface area contributed by atoms with Crippen LogP contribution in [0.1, 0.15) is 5.56 Å². The van der Waals surface area contributed by atoms with Gasteiger partial charge in [0.15, 0.2) is 18.9 Å². The molecule has 0 spiro atoms. The lowest BCUT2D eigenvalue weighted by Crippen LogP contribution is -2.32. The summed E-state index contributed by atoms with van der Waals surface area (Å²) in [6, 6.07) is 14.1. The number of benzene rings is 1. The van der Waals surface area contributed by atoms with Crippen LogP contribution in [0.3, 0.4) is 0 Å². The van der Waals surface area contributed by atoms with Crippen molar-refractivity contribution in [1.29, 1.82) is 0 Å². The first-order chi connectivity index (χ1) is 7.40. The molecule has 1 aromatic heterocycles. The molecule has 0 radical (unpaired) electrons. The van der Waals surface area contributed by atoms with Crippen LogP contribution in [-0.2, 0) is 6.54 Å². The summed E-state index contributed by atoms with van der Waals surface area (Å²) in [7, 11) is 1.70. The molecule has 1 aromatic carbocycles.